The van der Waals surface area contributed by atoms with Crippen molar-refractivity contribution in [1.82, 2.24) is 0 Å². The molecule has 0 fully saturated rings. The fourth-order valence-electron chi connectivity index (χ4n) is 1.66. The molecular weight excluding hydrogens is 336 g/mol. The first-order valence-electron chi connectivity index (χ1n) is 5.62. The van der Waals surface area contributed by atoms with Crippen LogP contribution < -0.4 is 0 Å². The predicted molar refractivity (Wildman–Crippen MR) is 72.4 cm³/mol. The molecule has 0 saturated heterocycles. The molecule has 0 spiro atoms. The highest BCUT2D eigenvalue weighted by atomic mass is 79.9. The maximum absolute atomic E-state index is 11.3. The van der Waals surface area contributed by atoms with Crippen LogP contribution in [0.15, 0.2) is 20.8 Å². The monoisotopic (exact) mass is 350 g/mol. The smallest absolute Gasteiger partial charge is 0.351 e. The number of carbonyl (C=O) groups excluding carboxylic acids is 1. The molecule has 1 aliphatic heterocycles. The van der Waals surface area contributed by atoms with Gasteiger partial charge in [0, 0.05) is 10.6 Å². The van der Waals surface area contributed by atoms with Gasteiger partial charge in [-0.3, -0.25) is 0 Å². The second-order valence-corrected chi connectivity index (χ2v) is 5.07. The van der Waals surface area contributed by atoms with E-state index < -0.39 is 0 Å². The minimum atomic E-state index is -0.283. The second-order valence-electron chi connectivity index (χ2n) is 3.82. The predicted octanol–water partition coefficient (Wildman–Crippen LogP) is 4.79. The molecule has 90 valence electrons. The SMILES string of the molecule is CCCCCCCC1=C(Br)C(=O)OC1=CBr. The molecule has 0 radical (unpaired) electrons. The lowest BCUT2D eigenvalue weighted by Crippen LogP contribution is -1.92. The Kier molecular flexibility index (Phi) is 6.36. The number of allylic oxidation sites excluding steroid dienone is 1. The fourth-order valence-corrected chi connectivity index (χ4v) is 2.51. The van der Waals surface area contributed by atoms with Gasteiger partial charge in [0.15, 0.2) is 0 Å². The Morgan fingerprint density at radius 3 is 2.56 bits per heavy atom. The van der Waals surface area contributed by atoms with Crippen LogP contribution >= 0.6 is 31.9 Å². The quantitative estimate of drug-likeness (QED) is 0.508. The minimum absolute atomic E-state index is 0.283. The van der Waals surface area contributed by atoms with E-state index in [-0.39, 0.29) is 5.97 Å². The number of rotatable bonds is 6. The molecule has 1 aliphatic rings. The van der Waals surface area contributed by atoms with Gasteiger partial charge in [0.05, 0.1) is 0 Å². The van der Waals surface area contributed by atoms with Gasteiger partial charge in [-0.1, -0.05) is 48.5 Å². The van der Waals surface area contributed by atoms with Gasteiger partial charge in [-0.05, 0) is 28.8 Å². The number of carbonyl (C=O) groups is 1. The Morgan fingerprint density at radius 2 is 1.94 bits per heavy atom. The molecule has 0 bridgehead atoms. The molecule has 0 saturated carbocycles. The summed E-state index contributed by atoms with van der Waals surface area (Å²) in [7, 11) is 0. The Morgan fingerprint density at radius 1 is 1.25 bits per heavy atom. The van der Waals surface area contributed by atoms with Crippen LogP contribution in [0.2, 0.25) is 0 Å². The normalized spacial score (nSPS) is 18.4. The molecule has 16 heavy (non-hydrogen) atoms. The van der Waals surface area contributed by atoms with Crippen LogP contribution in [0.4, 0.5) is 0 Å². The highest BCUT2D eigenvalue weighted by Crippen LogP contribution is 2.34. The number of esters is 1. The van der Waals surface area contributed by atoms with Crippen molar-refractivity contribution >= 4 is 37.8 Å². The van der Waals surface area contributed by atoms with Crippen LogP contribution in [0.3, 0.4) is 0 Å². The number of ether oxygens (including phenoxy) is 1. The average Bonchev–Trinajstić information content (AvgIpc) is 2.56. The molecule has 0 aromatic rings. The molecule has 0 unspecified atom stereocenters. The Labute approximate surface area is 113 Å². The largest absolute Gasteiger partial charge is 0.422 e. The first-order chi connectivity index (χ1) is 7.70. The van der Waals surface area contributed by atoms with Gasteiger partial charge in [0.2, 0.25) is 0 Å². The van der Waals surface area contributed by atoms with Crippen LogP contribution in [-0.2, 0) is 9.53 Å². The lowest BCUT2D eigenvalue weighted by molar-refractivity contribution is -0.132. The van der Waals surface area contributed by atoms with Gasteiger partial charge in [-0.2, -0.15) is 0 Å². The van der Waals surface area contributed by atoms with Crippen molar-refractivity contribution in [2.24, 2.45) is 0 Å². The molecule has 0 aromatic heterocycles. The van der Waals surface area contributed by atoms with E-state index >= 15 is 0 Å². The summed E-state index contributed by atoms with van der Waals surface area (Å²) >= 11 is 6.49. The third-order valence-electron chi connectivity index (χ3n) is 2.57. The van der Waals surface area contributed by atoms with Gasteiger partial charge < -0.3 is 4.74 Å². The van der Waals surface area contributed by atoms with E-state index in [4.69, 9.17) is 4.74 Å². The third kappa shape index (κ3) is 3.74. The molecule has 2 nitrogen and oxygen atoms in total. The zero-order valence-corrected chi connectivity index (χ0v) is 12.6. The van der Waals surface area contributed by atoms with E-state index in [1.807, 2.05) is 0 Å². The van der Waals surface area contributed by atoms with E-state index in [1.165, 1.54) is 25.7 Å². The lowest BCUT2D eigenvalue weighted by Gasteiger charge is -2.03. The van der Waals surface area contributed by atoms with Crippen molar-refractivity contribution in [3.8, 4) is 0 Å². The summed E-state index contributed by atoms with van der Waals surface area (Å²) in [5.41, 5.74) is 0.985. The summed E-state index contributed by atoms with van der Waals surface area (Å²) in [4.78, 5) is 13.0. The maximum Gasteiger partial charge on any atom is 0.351 e. The Hall–Kier alpha value is -0.0900. The Bertz CT molecular complexity index is 319. The van der Waals surface area contributed by atoms with Gasteiger partial charge in [-0.25, -0.2) is 4.79 Å². The zero-order chi connectivity index (χ0) is 12.0. The number of halogens is 2. The van der Waals surface area contributed by atoms with E-state index in [0.29, 0.717) is 10.2 Å². The minimum Gasteiger partial charge on any atom is -0.422 e. The first-order valence-corrected chi connectivity index (χ1v) is 7.33. The molecular formula is C12H16Br2O2. The summed E-state index contributed by atoms with van der Waals surface area (Å²) in [6.45, 7) is 2.20. The summed E-state index contributed by atoms with van der Waals surface area (Å²) < 4.78 is 5.65. The first kappa shape index (κ1) is 14.0. The summed E-state index contributed by atoms with van der Waals surface area (Å²) in [5.74, 6) is 0.363. The van der Waals surface area contributed by atoms with Crippen LogP contribution in [0, 0.1) is 0 Å². The van der Waals surface area contributed by atoms with Crippen molar-refractivity contribution < 1.29 is 9.53 Å². The van der Waals surface area contributed by atoms with Gasteiger partial charge in [-0.15, -0.1) is 0 Å². The number of unbranched alkanes of at least 4 members (excludes halogenated alkanes) is 4. The van der Waals surface area contributed by atoms with E-state index in [9.17, 15) is 4.79 Å². The average molecular weight is 352 g/mol. The summed E-state index contributed by atoms with van der Waals surface area (Å²) in [6.07, 6.45) is 7.02. The molecule has 4 heteroatoms. The molecule has 1 rings (SSSR count). The van der Waals surface area contributed by atoms with E-state index in [2.05, 4.69) is 38.8 Å². The summed E-state index contributed by atoms with van der Waals surface area (Å²) in [5, 5.41) is 0. The highest BCUT2D eigenvalue weighted by Gasteiger charge is 2.26. The molecule has 0 N–H and O–H groups in total. The lowest BCUT2D eigenvalue weighted by atomic mass is 10.1. The number of hydrogen-bond donors (Lipinski definition) is 0. The van der Waals surface area contributed by atoms with Crippen molar-refractivity contribution in [3.05, 3.63) is 20.8 Å². The van der Waals surface area contributed by atoms with Gasteiger partial charge >= 0.3 is 5.97 Å². The molecule has 1 heterocycles. The Balaban J connectivity index is 2.43. The van der Waals surface area contributed by atoms with Crippen molar-refractivity contribution in [1.29, 1.82) is 0 Å². The molecule has 0 aromatic carbocycles. The van der Waals surface area contributed by atoms with Crippen molar-refractivity contribution in [3.63, 3.8) is 0 Å². The second kappa shape index (κ2) is 7.28. The molecule has 0 amide bonds. The van der Waals surface area contributed by atoms with Crippen molar-refractivity contribution in [2.75, 3.05) is 0 Å². The van der Waals surface area contributed by atoms with E-state index in [1.54, 1.807) is 4.99 Å². The third-order valence-corrected chi connectivity index (χ3v) is 3.79. The fraction of sp³-hybridized carbons (Fsp3) is 0.583. The van der Waals surface area contributed by atoms with Crippen LogP contribution in [-0.4, -0.2) is 5.97 Å². The van der Waals surface area contributed by atoms with Crippen LogP contribution in [0.1, 0.15) is 45.4 Å². The van der Waals surface area contributed by atoms with E-state index in [0.717, 1.165) is 18.4 Å². The molecule has 0 aliphatic carbocycles. The topological polar surface area (TPSA) is 26.3 Å². The van der Waals surface area contributed by atoms with Gasteiger partial charge in [0.25, 0.3) is 0 Å². The highest BCUT2D eigenvalue weighted by molar-refractivity contribution is 9.12. The molecule has 0 atom stereocenters. The van der Waals surface area contributed by atoms with Gasteiger partial charge in [0.1, 0.15) is 10.2 Å². The zero-order valence-electron chi connectivity index (χ0n) is 9.39. The van der Waals surface area contributed by atoms with Crippen molar-refractivity contribution in [2.45, 2.75) is 45.4 Å². The number of cyclic esters (lactones) is 1. The standard InChI is InChI=1S/C12H16Br2O2/c1-2-3-4-5-6-7-9-10(8-13)16-12(15)11(9)14/h8H,2-7H2,1H3. The van der Waals surface area contributed by atoms with Crippen LogP contribution in [0.5, 0.6) is 0 Å². The maximum atomic E-state index is 11.3. The van der Waals surface area contributed by atoms with Crippen LogP contribution in [0.25, 0.3) is 0 Å². The summed E-state index contributed by atoms with van der Waals surface area (Å²) in [6, 6.07) is 0. The number of hydrogen-bond acceptors (Lipinski definition) is 2.